The molecule has 2 amide bonds. The number of aliphatic hydroxyl groups excluding tert-OH is 1. The number of nitrogens with zero attached hydrogens (tertiary/aromatic N) is 2. The largest absolute Gasteiger partial charge is 0.514 e. The third kappa shape index (κ3) is 3.47. The third-order valence-corrected chi connectivity index (χ3v) is 5.80. The van der Waals surface area contributed by atoms with Crippen LogP contribution in [0.5, 0.6) is 0 Å². The molecule has 0 aromatic heterocycles. The minimum absolute atomic E-state index is 0.168. The summed E-state index contributed by atoms with van der Waals surface area (Å²) >= 11 is 0. The van der Waals surface area contributed by atoms with Crippen LogP contribution >= 0.6 is 0 Å². The Labute approximate surface area is 154 Å². The summed E-state index contributed by atoms with van der Waals surface area (Å²) < 4.78 is -0.437. The zero-order valence-corrected chi connectivity index (χ0v) is 15.8. The number of rotatable bonds is 4. The fraction of sp³-hybridized carbons (Fsp3) is 0.579. The summed E-state index contributed by atoms with van der Waals surface area (Å²) in [5.74, 6) is 0. The lowest BCUT2D eigenvalue weighted by molar-refractivity contribution is -1.01. The van der Waals surface area contributed by atoms with Gasteiger partial charge in [-0.15, -0.1) is 0 Å². The molecule has 1 heterocycles. The fourth-order valence-electron chi connectivity index (χ4n) is 4.37. The van der Waals surface area contributed by atoms with Gasteiger partial charge in [0.1, 0.15) is 31.7 Å². The van der Waals surface area contributed by atoms with Crippen LogP contribution in [-0.4, -0.2) is 74.3 Å². The van der Waals surface area contributed by atoms with Crippen molar-refractivity contribution in [3.8, 4) is 0 Å². The molecule has 1 aromatic rings. The Morgan fingerprint density at radius 3 is 2.15 bits per heavy atom. The van der Waals surface area contributed by atoms with Gasteiger partial charge in [0, 0.05) is 18.6 Å². The van der Waals surface area contributed by atoms with Gasteiger partial charge in [-0.1, -0.05) is 30.3 Å². The molecule has 3 N–H and O–H groups in total. The maximum atomic E-state index is 12.3. The van der Waals surface area contributed by atoms with Gasteiger partial charge < -0.3 is 15.3 Å². The van der Waals surface area contributed by atoms with Crippen molar-refractivity contribution in [2.24, 2.45) is 0 Å². The number of carbonyl (C=O) groups is 2. The van der Waals surface area contributed by atoms with Crippen molar-refractivity contribution in [1.82, 2.24) is 0 Å². The van der Waals surface area contributed by atoms with Crippen molar-refractivity contribution < 1.29 is 33.9 Å². The van der Waals surface area contributed by atoms with Crippen LogP contribution < -0.4 is 0 Å². The molecule has 0 saturated carbocycles. The van der Waals surface area contributed by atoms with Gasteiger partial charge in [-0.05, 0) is 20.8 Å². The highest BCUT2D eigenvalue weighted by atomic mass is 16.4. The molecule has 2 rings (SSSR count). The van der Waals surface area contributed by atoms with E-state index in [-0.39, 0.29) is 41.6 Å². The highest BCUT2D eigenvalue weighted by Crippen LogP contribution is 2.37. The van der Waals surface area contributed by atoms with Crippen LogP contribution in [-0.2, 0) is 6.54 Å². The summed E-state index contributed by atoms with van der Waals surface area (Å²) in [4.78, 5) is 24.5. The third-order valence-electron chi connectivity index (χ3n) is 5.80. The summed E-state index contributed by atoms with van der Waals surface area (Å²) in [5, 5.41) is 29.6. The smallest absolute Gasteiger partial charge is 0.435 e. The molecule has 1 aliphatic rings. The monoisotopic (exact) mass is 366 g/mol. The number of quaternary nitrogens is 2. The quantitative estimate of drug-likeness (QED) is 0.712. The predicted molar refractivity (Wildman–Crippen MR) is 96.6 cm³/mol. The zero-order chi connectivity index (χ0) is 19.6. The Morgan fingerprint density at radius 2 is 1.69 bits per heavy atom. The van der Waals surface area contributed by atoms with Crippen LogP contribution in [0.3, 0.4) is 0 Å². The molecular weight excluding hydrogens is 336 g/mol. The molecule has 1 aromatic carbocycles. The summed E-state index contributed by atoms with van der Waals surface area (Å²) in [6.45, 7) is 6.35. The second kappa shape index (κ2) is 7.34. The minimum atomic E-state index is -0.959. The Bertz CT molecular complexity index is 658. The minimum Gasteiger partial charge on any atom is -0.435 e. The summed E-state index contributed by atoms with van der Waals surface area (Å²) in [5.41, 5.74) is 0.302. The molecule has 144 valence electrons. The van der Waals surface area contributed by atoms with E-state index in [1.54, 1.807) is 0 Å². The van der Waals surface area contributed by atoms with E-state index in [9.17, 15) is 24.9 Å². The number of benzene rings is 1. The van der Waals surface area contributed by atoms with Crippen molar-refractivity contribution >= 4 is 12.2 Å². The first kappa shape index (κ1) is 20.4. The van der Waals surface area contributed by atoms with Gasteiger partial charge in [-0.2, -0.15) is 9.59 Å². The molecule has 3 unspecified atom stereocenters. The molecule has 7 heteroatoms. The van der Waals surface area contributed by atoms with Crippen molar-refractivity contribution in [2.45, 2.75) is 45.3 Å². The SMILES string of the molecule is CC(C)(C)[N+]1(C(=O)O)CC[N+](Cc2ccccc2)(C(=O)O)CC1CCO. The van der Waals surface area contributed by atoms with Crippen molar-refractivity contribution in [2.75, 3.05) is 26.2 Å². The van der Waals surface area contributed by atoms with Gasteiger partial charge in [0.2, 0.25) is 0 Å². The first-order valence-electron chi connectivity index (χ1n) is 8.95. The van der Waals surface area contributed by atoms with Crippen LogP contribution in [0, 0.1) is 0 Å². The van der Waals surface area contributed by atoms with Crippen molar-refractivity contribution in [1.29, 1.82) is 0 Å². The Balaban J connectivity index is 2.45. The summed E-state index contributed by atoms with van der Waals surface area (Å²) in [6.07, 6.45) is -1.65. The second-order valence-electron chi connectivity index (χ2n) is 8.19. The van der Waals surface area contributed by atoms with Crippen LogP contribution in [0.1, 0.15) is 32.8 Å². The fourth-order valence-corrected chi connectivity index (χ4v) is 4.37. The number of amides is 2. The standard InChI is InChI=1S/C19H28N2O5/c1-19(2,3)21(18(25)26)11-10-20(17(23)24,14-16(21)9-12-22)13-15-7-5-4-6-8-15/h4-8,16,22H,9-14H2,1-3H3/p+2. The Hall–Kier alpha value is -1.96. The van der Waals surface area contributed by atoms with Gasteiger partial charge in [-0.25, -0.2) is 8.97 Å². The van der Waals surface area contributed by atoms with E-state index in [0.29, 0.717) is 6.54 Å². The van der Waals surface area contributed by atoms with Crippen LogP contribution in [0.4, 0.5) is 9.59 Å². The molecule has 1 aliphatic heterocycles. The number of carboxylic acid groups (broad SMARTS) is 2. The Morgan fingerprint density at radius 1 is 1.08 bits per heavy atom. The summed E-state index contributed by atoms with van der Waals surface area (Å²) in [6, 6.07) is 8.92. The van der Waals surface area contributed by atoms with E-state index < -0.39 is 23.8 Å². The molecular formula is C19H30N2O5+2. The molecule has 26 heavy (non-hydrogen) atoms. The predicted octanol–water partition coefficient (Wildman–Crippen LogP) is 2.74. The lowest BCUT2D eigenvalue weighted by Crippen LogP contribution is -2.78. The van der Waals surface area contributed by atoms with Crippen LogP contribution in [0.15, 0.2) is 30.3 Å². The van der Waals surface area contributed by atoms with E-state index in [0.717, 1.165) is 5.56 Å². The molecule has 0 spiro atoms. The molecule has 0 aliphatic carbocycles. The van der Waals surface area contributed by atoms with E-state index in [1.807, 2.05) is 51.1 Å². The average molecular weight is 366 g/mol. The Kier molecular flexibility index (Phi) is 5.75. The topological polar surface area (TPSA) is 94.8 Å². The van der Waals surface area contributed by atoms with Crippen LogP contribution in [0.2, 0.25) is 0 Å². The first-order chi connectivity index (χ1) is 12.1. The molecule has 0 bridgehead atoms. The number of piperazine rings is 1. The highest BCUT2D eigenvalue weighted by molar-refractivity contribution is 5.59. The van der Waals surface area contributed by atoms with Crippen LogP contribution in [0.25, 0.3) is 0 Å². The van der Waals surface area contributed by atoms with Gasteiger partial charge in [0.15, 0.2) is 6.04 Å². The van der Waals surface area contributed by atoms with Gasteiger partial charge in [0.25, 0.3) is 0 Å². The first-order valence-corrected chi connectivity index (χ1v) is 8.95. The second-order valence-corrected chi connectivity index (χ2v) is 8.19. The van der Waals surface area contributed by atoms with E-state index in [2.05, 4.69) is 0 Å². The van der Waals surface area contributed by atoms with Gasteiger partial charge >= 0.3 is 12.2 Å². The average Bonchev–Trinajstić information content (AvgIpc) is 2.54. The van der Waals surface area contributed by atoms with Crippen molar-refractivity contribution in [3.63, 3.8) is 0 Å². The molecule has 1 fully saturated rings. The van der Waals surface area contributed by atoms with E-state index in [1.165, 1.54) is 0 Å². The van der Waals surface area contributed by atoms with E-state index in [4.69, 9.17) is 0 Å². The normalized spacial score (nSPS) is 29.3. The molecule has 7 nitrogen and oxygen atoms in total. The van der Waals surface area contributed by atoms with Gasteiger partial charge in [0.05, 0.1) is 0 Å². The maximum absolute atomic E-state index is 12.3. The highest BCUT2D eigenvalue weighted by Gasteiger charge is 2.61. The van der Waals surface area contributed by atoms with Crippen molar-refractivity contribution in [3.05, 3.63) is 35.9 Å². The molecule has 0 radical (unpaired) electrons. The number of aliphatic hydroxyl groups is 1. The maximum Gasteiger partial charge on any atom is 0.514 e. The number of hydrogen-bond acceptors (Lipinski definition) is 3. The zero-order valence-electron chi connectivity index (χ0n) is 15.8. The molecule has 1 saturated heterocycles. The molecule has 3 atom stereocenters. The number of hydrogen-bond donors (Lipinski definition) is 3. The van der Waals surface area contributed by atoms with E-state index >= 15 is 0 Å². The lowest BCUT2D eigenvalue weighted by Gasteiger charge is -2.54. The van der Waals surface area contributed by atoms with Gasteiger partial charge in [-0.3, -0.25) is 0 Å². The summed E-state index contributed by atoms with van der Waals surface area (Å²) in [7, 11) is 0. The lowest BCUT2D eigenvalue weighted by atomic mass is 9.92.